The molecule has 226 valence electrons. The molecule has 5 aromatic rings. The van der Waals surface area contributed by atoms with E-state index in [9.17, 15) is 9.90 Å². The first-order valence-corrected chi connectivity index (χ1v) is 14.9. The van der Waals surface area contributed by atoms with Gasteiger partial charge in [-0.3, -0.25) is 14.7 Å². The molecule has 2 N–H and O–H groups in total. The number of aromatic hydroxyl groups is 1. The maximum absolute atomic E-state index is 16.3. The van der Waals surface area contributed by atoms with Crippen LogP contribution in [0.1, 0.15) is 47.8 Å². The van der Waals surface area contributed by atoms with Crippen LogP contribution >= 0.6 is 0 Å². The molecule has 1 aromatic heterocycles. The zero-order valence-corrected chi connectivity index (χ0v) is 25.0. The molecule has 4 aromatic carbocycles. The zero-order valence-electron chi connectivity index (χ0n) is 25.0. The molecule has 0 saturated carbocycles. The number of pyridine rings is 1. The van der Waals surface area contributed by atoms with Crippen LogP contribution in [0.4, 0.5) is 15.8 Å². The predicted octanol–water partition coefficient (Wildman–Crippen LogP) is 8.13. The number of carbonyl (C=O) groups is 1. The van der Waals surface area contributed by atoms with Crippen molar-refractivity contribution >= 4 is 28.1 Å². The van der Waals surface area contributed by atoms with E-state index in [0.29, 0.717) is 47.2 Å². The van der Waals surface area contributed by atoms with Crippen LogP contribution in [0.15, 0.2) is 115 Å². The first-order valence-electron chi connectivity index (χ1n) is 14.9. The van der Waals surface area contributed by atoms with Gasteiger partial charge in [-0.05, 0) is 59.8 Å². The number of hydrogen-bond donors (Lipinski definition) is 2. The van der Waals surface area contributed by atoms with E-state index in [2.05, 4.69) is 24.1 Å². The number of aromatic nitrogens is 1. The molecular formula is C37H32FN3O4. The fourth-order valence-electron chi connectivity index (χ4n) is 6.02. The summed E-state index contributed by atoms with van der Waals surface area (Å²) in [5.74, 6) is -0.170. The summed E-state index contributed by atoms with van der Waals surface area (Å²) in [5, 5.41) is 16.2. The number of phenols is 1. The second-order valence-electron chi connectivity index (χ2n) is 12.2. The van der Waals surface area contributed by atoms with Crippen LogP contribution in [0, 0.1) is 11.2 Å². The standard InChI is InChI=1S/C37H32FN3O4/c1-37(2)19-30-35(45-22-37)34(28-14-13-27(18-29(28)38)44-21-23-7-4-3-5-8-23)41(31-9-6-10-32(42)33(31)40-30)36(43)25-12-11-24-15-16-39-20-26(24)17-25/h3-18,20,34,40,42H,19,21-22H2,1-2H3. The van der Waals surface area contributed by atoms with Gasteiger partial charge in [-0.2, -0.15) is 0 Å². The molecule has 3 heterocycles. The number of para-hydroxylation sites is 1. The fourth-order valence-corrected chi connectivity index (χ4v) is 6.02. The number of phenolic OH excluding ortho intramolecular Hbond substituents is 1. The molecule has 1 atom stereocenters. The van der Waals surface area contributed by atoms with Gasteiger partial charge in [-0.1, -0.05) is 56.3 Å². The number of benzene rings is 4. The van der Waals surface area contributed by atoms with E-state index in [1.807, 2.05) is 42.5 Å². The Balaban J connectivity index is 1.38. The number of halogens is 1. The molecule has 7 nitrogen and oxygen atoms in total. The lowest BCUT2D eigenvalue weighted by atomic mass is 9.85. The third kappa shape index (κ3) is 5.44. The first-order chi connectivity index (χ1) is 21.8. The third-order valence-electron chi connectivity index (χ3n) is 8.25. The topological polar surface area (TPSA) is 83.9 Å². The summed E-state index contributed by atoms with van der Waals surface area (Å²) in [4.78, 5) is 20.4. The van der Waals surface area contributed by atoms with Gasteiger partial charge in [0.2, 0.25) is 0 Å². The molecule has 1 unspecified atom stereocenters. The zero-order chi connectivity index (χ0) is 31.1. The Morgan fingerprint density at radius 3 is 2.71 bits per heavy atom. The number of amides is 1. The molecule has 0 aliphatic carbocycles. The van der Waals surface area contributed by atoms with Crippen LogP contribution < -0.4 is 15.0 Å². The number of carbonyl (C=O) groups excluding carboxylic acids is 1. The summed E-state index contributed by atoms with van der Waals surface area (Å²) < 4.78 is 28.7. The van der Waals surface area contributed by atoms with Gasteiger partial charge in [0.1, 0.15) is 41.4 Å². The van der Waals surface area contributed by atoms with Crippen molar-refractivity contribution in [2.24, 2.45) is 5.41 Å². The number of nitrogens with one attached hydrogen (secondary N) is 1. The van der Waals surface area contributed by atoms with Gasteiger partial charge in [-0.25, -0.2) is 4.39 Å². The van der Waals surface area contributed by atoms with E-state index in [1.165, 1.54) is 11.0 Å². The van der Waals surface area contributed by atoms with Gasteiger partial charge in [0.25, 0.3) is 5.91 Å². The molecule has 2 aliphatic rings. The van der Waals surface area contributed by atoms with Gasteiger partial charge in [0.15, 0.2) is 0 Å². The minimum atomic E-state index is -0.980. The van der Waals surface area contributed by atoms with Crippen molar-refractivity contribution in [3.05, 3.63) is 137 Å². The largest absolute Gasteiger partial charge is 0.506 e. The summed E-state index contributed by atoms with van der Waals surface area (Å²) in [6.07, 6.45) is 3.97. The molecule has 7 rings (SSSR count). The van der Waals surface area contributed by atoms with Crippen LogP contribution in [-0.4, -0.2) is 22.6 Å². The molecule has 1 amide bonds. The average molecular weight is 602 g/mol. The minimum absolute atomic E-state index is 0.0333. The van der Waals surface area contributed by atoms with Crippen LogP contribution in [-0.2, 0) is 11.3 Å². The van der Waals surface area contributed by atoms with Gasteiger partial charge >= 0.3 is 0 Å². The smallest absolute Gasteiger partial charge is 0.259 e. The highest BCUT2D eigenvalue weighted by Gasteiger charge is 2.43. The Labute approximate surface area is 260 Å². The van der Waals surface area contributed by atoms with E-state index >= 15 is 4.39 Å². The van der Waals surface area contributed by atoms with E-state index in [4.69, 9.17) is 9.47 Å². The van der Waals surface area contributed by atoms with Crippen molar-refractivity contribution in [2.45, 2.75) is 32.9 Å². The Hall–Kier alpha value is -5.37. The predicted molar refractivity (Wildman–Crippen MR) is 172 cm³/mol. The van der Waals surface area contributed by atoms with Crippen molar-refractivity contribution in [3.8, 4) is 11.5 Å². The van der Waals surface area contributed by atoms with Gasteiger partial charge < -0.3 is 19.9 Å². The Morgan fingerprint density at radius 2 is 1.89 bits per heavy atom. The molecule has 0 saturated heterocycles. The molecule has 0 fully saturated rings. The maximum Gasteiger partial charge on any atom is 0.259 e. The second-order valence-corrected chi connectivity index (χ2v) is 12.2. The number of fused-ring (bicyclic) bond motifs is 2. The second kappa shape index (κ2) is 11.3. The van der Waals surface area contributed by atoms with Crippen LogP contribution in [0.3, 0.4) is 0 Å². The number of nitrogens with zero attached hydrogens (tertiary/aromatic N) is 2. The molecule has 0 spiro atoms. The van der Waals surface area contributed by atoms with Crippen molar-refractivity contribution < 1.29 is 23.8 Å². The lowest BCUT2D eigenvalue weighted by molar-refractivity contribution is 0.0757. The molecule has 45 heavy (non-hydrogen) atoms. The number of anilines is 2. The normalized spacial score (nSPS) is 17.0. The van der Waals surface area contributed by atoms with Crippen LogP contribution in [0.5, 0.6) is 11.5 Å². The van der Waals surface area contributed by atoms with E-state index in [1.54, 1.807) is 54.9 Å². The Bertz CT molecular complexity index is 1960. The highest BCUT2D eigenvalue weighted by molar-refractivity contribution is 6.11. The van der Waals surface area contributed by atoms with Crippen LogP contribution in [0.2, 0.25) is 0 Å². The highest BCUT2D eigenvalue weighted by atomic mass is 19.1. The Morgan fingerprint density at radius 1 is 1.04 bits per heavy atom. The number of ether oxygens (including phenoxy) is 2. The number of allylic oxidation sites excluding steroid dienone is 1. The van der Waals surface area contributed by atoms with E-state index in [0.717, 1.165) is 16.3 Å². The number of hydrogen-bond acceptors (Lipinski definition) is 6. The summed E-state index contributed by atoms with van der Waals surface area (Å²) >= 11 is 0. The summed E-state index contributed by atoms with van der Waals surface area (Å²) in [5.41, 5.74) is 2.79. The summed E-state index contributed by atoms with van der Waals surface area (Å²) in [6.45, 7) is 4.82. The lowest BCUT2D eigenvalue weighted by Gasteiger charge is -2.38. The summed E-state index contributed by atoms with van der Waals surface area (Å²) in [6, 6.07) is 25.6. The fraction of sp³-hybridized carbons (Fsp3) is 0.189. The Kier molecular flexibility index (Phi) is 7.12. The third-order valence-corrected chi connectivity index (χ3v) is 8.25. The van der Waals surface area contributed by atoms with E-state index < -0.39 is 11.9 Å². The maximum atomic E-state index is 16.3. The van der Waals surface area contributed by atoms with Crippen LogP contribution in [0.25, 0.3) is 10.8 Å². The van der Waals surface area contributed by atoms with Gasteiger partial charge in [0, 0.05) is 40.4 Å². The highest BCUT2D eigenvalue weighted by Crippen LogP contribution is 2.50. The van der Waals surface area contributed by atoms with Crippen molar-refractivity contribution in [2.75, 3.05) is 16.8 Å². The van der Waals surface area contributed by atoms with Crippen molar-refractivity contribution in [3.63, 3.8) is 0 Å². The average Bonchev–Trinajstić information content (AvgIpc) is 3.18. The van der Waals surface area contributed by atoms with Gasteiger partial charge in [-0.15, -0.1) is 0 Å². The van der Waals surface area contributed by atoms with Gasteiger partial charge in [0.05, 0.1) is 18.0 Å². The molecule has 2 aliphatic heterocycles. The van der Waals surface area contributed by atoms with Crippen molar-refractivity contribution in [1.82, 2.24) is 4.98 Å². The molecule has 8 heteroatoms. The molecular weight excluding hydrogens is 569 g/mol. The first kappa shape index (κ1) is 28.4. The molecule has 0 bridgehead atoms. The molecule has 0 radical (unpaired) electrons. The lowest BCUT2D eigenvalue weighted by Crippen LogP contribution is -2.39. The number of rotatable bonds is 5. The summed E-state index contributed by atoms with van der Waals surface area (Å²) in [7, 11) is 0. The SMILES string of the molecule is CC1(C)COC2=C(C1)Nc1c(O)cccc1N(C(=O)c1ccc3ccncc3c1)C2c1ccc(OCc2ccccc2)cc1F. The van der Waals surface area contributed by atoms with E-state index in [-0.39, 0.29) is 29.2 Å². The van der Waals surface area contributed by atoms with Crippen molar-refractivity contribution in [1.29, 1.82) is 0 Å². The minimum Gasteiger partial charge on any atom is -0.506 e. The monoisotopic (exact) mass is 601 g/mol. The quantitative estimate of drug-likeness (QED) is 0.198.